The summed E-state index contributed by atoms with van der Waals surface area (Å²) in [6, 6.07) is 5.49. The van der Waals surface area contributed by atoms with E-state index in [4.69, 9.17) is 27.5 Å². The molecule has 5 heteroatoms. The minimum Gasteiger partial charge on any atom is -0.384 e. The maximum absolute atomic E-state index is 7.40. The number of nitrogens with two attached hydrogens (primary N) is 1. The van der Waals surface area contributed by atoms with Crippen molar-refractivity contribution < 1.29 is 4.74 Å². The highest BCUT2D eigenvalue weighted by Crippen LogP contribution is 2.29. The van der Waals surface area contributed by atoms with E-state index >= 15 is 0 Å². The third-order valence-electron chi connectivity index (χ3n) is 3.02. The van der Waals surface area contributed by atoms with Crippen LogP contribution in [0.25, 0.3) is 0 Å². The van der Waals surface area contributed by atoms with Crippen LogP contribution in [0.4, 0.5) is 5.69 Å². The average Bonchev–Trinajstić information content (AvgIpc) is 2.27. The Morgan fingerprint density at radius 3 is 2.50 bits per heavy atom. The number of benzene rings is 1. The van der Waals surface area contributed by atoms with Crippen LogP contribution in [0.2, 0.25) is 5.02 Å². The molecule has 1 aliphatic heterocycles. The Morgan fingerprint density at radius 2 is 2.00 bits per heavy atom. The van der Waals surface area contributed by atoms with Gasteiger partial charge in [-0.15, -0.1) is 0 Å². The van der Waals surface area contributed by atoms with Gasteiger partial charge in [-0.3, -0.25) is 5.41 Å². The van der Waals surface area contributed by atoms with Crippen LogP contribution in [0.15, 0.2) is 18.2 Å². The molecule has 1 heterocycles. The highest BCUT2D eigenvalue weighted by Gasteiger charge is 2.23. The third kappa shape index (κ3) is 2.76. The van der Waals surface area contributed by atoms with Crippen molar-refractivity contribution in [1.82, 2.24) is 0 Å². The Bertz CT molecular complexity index is 454. The molecule has 1 aliphatic rings. The summed E-state index contributed by atoms with van der Waals surface area (Å²) in [7, 11) is 0. The van der Waals surface area contributed by atoms with Crippen LogP contribution >= 0.6 is 11.6 Å². The van der Waals surface area contributed by atoms with Gasteiger partial charge in [0, 0.05) is 18.7 Å². The lowest BCUT2D eigenvalue weighted by atomic mass is 10.1. The van der Waals surface area contributed by atoms with E-state index in [2.05, 4.69) is 18.7 Å². The van der Waals surface area contributed by atoms with Crippen LogP contribution in [0.5, 0.6) is 0 Å². The van der Waals surface area contributed by atoms with Gasteiger partial charge >= 0.3 is 0 Å². The molecule has 3 N–H and O–H groups in total. The van der Waals surface area contributed by atoms with Crippen molar-refractivity contribution in [2.24, 2.45) is 5.73 Å². The molecule has 1 fully saturated rings. The first-order valence-electron chi connectivity index (χ1n) is 6.01. The number of hydrogen-bond donors (Lipinski definition) is 2. The van der Waals surface area contributed by atoms with E-state index in [0.29, 0.717) is 10.6 Å². The van der Waals surface area contributed by atoms with Crippen molar-refractivity contribution in [3.8, 4) is 0 Å². The Kier molecular flexibility index (Phi) is 3.78. The van der Waals surface area contributed by atoms with E-state index in [1.54, 1.807) is 6.07 Å². The van der Waals surface area contributed by atoms with E-state index in [9.17, 15) is 0 Å². The van der Waals surface area contributed by atoms with Gasteiger partial charge in [0.05, 0.1) is 22.9 Å². The van der Waals surface area contributed by atoms with Gasteiger partial charge in [0.2, 0.25) is 0 Å². The zero-order chi connectivity index (χ0) is 13.3. The summed E-state index contributed by atoms with van der Waals surface area (Å²) >= 11 is 6.27. The number of hydrogen-bond acceptors (Lipinski definition) is 3. The van der Waals surface area contributed by atoms with E-state index in [1.807, 2.05) is 12.1 Å². The maximum atomic E-state index is 7.40. The van der Waals surface area contributed by atoms with Gasteiger partial charge in [0.25, 0.3) is 0 Å². The highest BCUT2D eigenvalue weighted by molar-refractivity contribution is 6.33. The molecule has 0 aliphatic carbocycles. The van der Waals surface area contributed by atoms with Gasteiger partial charge < -0.3 is 15.4 Å². The molecular formula is C13H18ClN3O. The third-order valence-corrected chi connectivity index (χ3v) is 3.32. The van der Waals surface area contributed by atoms with E-state index in [-0.39, 0.29) is 18.0 Å². The van der Waals surface area contributed by atoms with Crippen LogP contribution in [0.1, 0.15) is 19.4 Å². The van der Waals surface area contributed by atoms with Crippen molar-refractivity contribution in [1.29, 1.82) is 5.41 Å². The van der Waals surface area contributed by atoms with E-state index in [0.717, 1.165) is 18.8 Å². The Morgan fingerprint density at radius 1 is 1.39 bits per heavy atom. The van der Waals surface area contributed by atoms with E-state index < -0.39 is 0 Å². The van der Waals surface area contributed by atoms with Crippen LogP contribution < -0.4 is 10.6 Å². The zero-order valence-electron chi connectivity index (χ0n) is 10.6. The summed E-state index contributed by atoms with van der Waals surface area (Å²) in [5.41, 5.74) is 7.07. The summed E-state index contributed by atoms with van der Waals surface area (Å²) in [4.78, 5) is 2.21. The number of amidine groups is 1. The molecule has 0 aromatic heterocycles. The average molecular weight is 268 g/mol. The standard InChI is InChI=1S/C13H18ClN3O/c1-8-6-17(7-9(2)18-8)12-4-3-10(13(15)16)5-11(12)14/h3-5,8-9H,6-7H2,1-2H3,(H3,15,16)/t8-,9+. The molecule has 2 atom stereocenters. The van der Waals surface area contributed by atoms with Gasteiger partial charge in [0.1, 0.15) is 5.84 Å². The van der Waals surface area contributed by atoms with Crippen molar-refractivity contribution in [2.75, 3.05) is 18.0 Å². The number of anilines is 1. The lowest BCUT2D eigenvalue weighted by Gasteiger charge is -2.37. The van der Waals surface area contributed by atoms with Crippen LogP contribution in [-0.2, 0) is 4.74 Å². The monoisotopic (exact) mass is 267 g/mol. The molecule has 2 rings (SSSR count). The second-order valence-corrected chi connectivity index (χ2v) is 5.15. The summed E-state index contributed by atoms with van der Waals surface area (Å²) in [6.45, 7) is 5.76. The van der Waals surface area contributed by atoms with Crippen molar-refractivity contribution in [3.63, 3.8) is 0 Å². The fourth-order valence-corrected chi connectivity index (χ4v) is 2.61. The molecule has 4 nitrogen and oxygen atoms in total. The second kappa shape index (κ2) is 5.16. The summed E-state index contributed by atoms with van der Waals surface area (Å²) in [5, 5.41) is 8.03. The maximum Gasteiger partial charge on any atom is 0.122 e. The zero-order valence-corrected chi connectivity index (χ0v) is 11.4. The Labute approximate surface area is 112 Å². The number of nitrogens with one attached hydrogen (secondary N) is 1. The molecular weight excluding hydrogens is 250 g/mol. The van der Waals surface area contributed by atoms with Gasteiger partial charge in [-0.05, 0) is 32.0 Å². The summed E-state index contributed by atoms with van der Waals surface area (Å²) < 4.78 is 5.70. The number of nitrogens with zero attached hydrogens (tertiary/aromatic N) is 1. The normalized spacial score (nSPS) is 24.1. The number of morpholine rings is 1. The number of rotatable bonds is 2. The quantitative estimate of drug-likeness (QED) is 0.638. The first kappa shape index (κ1) is 13.2. The first-order chi connectivity index (χ1) is 8.47. The fraction of sp³-hybridized carbons (Fsp3) is 0.462. The van der Waals surface area contributed by atoms with Crippen LogP contribution in [-0.4, -0.2) is 31.1 Å². The predicted octanol–water partition coefficient (Wildman–Crippen LogP) is 2.24. The SMILES string of the molecule is C[C@@H]1CN(c2ccc(C(=N)N)cc2Cl)C[C@H](C)O1. The van der Waals surface area contributed by atoms with Crippen LogP contribution in [0, 0.1) is 5.41 Å². The highest BCUT2D eigenvalue weighted by atomic mass is 35.5. The number of nitrogen functional groups attached to an aromatic ring is 1. The molecule has 1 saturated heterocycles. The molecule has 0 radical (unpaired) electrons. The number of ether oxygens (including phenoxy) is 1. The largest absolute Gasteiger partial charge is 0.384 e. The van der Waals surface area contributed by atoms with Crippen molar-refractivity contribution in [3.05, 3.63) is 28.8 Å². The van der Waals surface area contributed by atoms with Gasteiger partial charge in [0.15, 0.2) is 0 Å². The fourth-order valence-electron chi connectivity index (χ4n) is 2.31. The molecule has 0 saturated carbocycles. The summed E-state index contributed by atoms with van der Waals surface area (Å²) in [6.07, 6.45) is 0.384. The Balaban J connectivity index is 2.25. The lowest BCUT2D eigenvalue weighted by molar-refractivity contribution is -0.00520. The topological polar surface area (TPSA) is 62.3 Å². The minimum absolute atomic E-state index is 0.0344. The summed E-state index contributed by atoms with van der Waals surface area (Å²) in [5.74, 6) is 0.0344. The van der Waals surface area contributed by atoms with Gasteiger partial charge in [-0.2, -0.15) is 0 Å². The minimum atomic E-state index is 0.0344. The number of halogens is 1. The van der Waals surface area contributed by atoms with Crippen LogP contribution in [0.3, 0.4) is 0 Å². The molecule has 0 amide bonds. The molecule has 0 unspecified atom stereocenters. The first-order valence-corrected chi connectivity index (χ1v) is 6.39. The molecule has 98 valence electrons. The van der Waals surface area contributed by atoms with E-state index in [1.165, 1.54) is 0 Å². The predicted molar refractivity (Wildman–Crippen MR) is 74.7 cm³/mol. The lowest BCUT2D eigenvalue weighted by Crippen LogP contribution is -2.45. The van der Waals surface area contributed by atoms with Crippen molar-refractivity contribution >= 4 is 23.1 Å². The van der Waals surface area contributed by atoms with Gasteiger partial charge in [-0.25, -0.2) is 0 Å². The molecule has 1 aromatic rings. The molecule has 1 aromatic carbocycles. The second-order valence-electron chi connectivity index (χ2n) is 4.74. The molecule has 0 bridgehead atoms. The smallest absolute Gasteiger partial charge is 0.122 e. The Hall–Kier alpha value is -1.26. The molecule has 18 heavy (non-hydrogen) atoms. The van der Waals surface area contributed by atoms with Crippen molar-refractivity contribution in [2.45, 2.75) is 26.1 Å². The van der Waals surface area contributed by atoms with Gasteiger partial charge in [-0.1, -0.05) is 11.6 Å². The molecule has 0 spiro atoms.